The minimum absolute atomic E-state index is 0.0929. The number of hydrogen-bond donors (Lipinski definition) is 1. The molecule has 9 heteroatoms. The summed E-state index contributed by atoms with van der Waals surface area (Å²) >= 11 is 1.07. The molecule has 1 aromatic heterocycles. The molecule has 0 saturated heterocycles. The molecule has 0 atom stereocenters. The van der Waals surface area contributed by atoms with Gasteiger partial charge < -0.3 is 9.30 Å². The van der Waals surface area contributed by atoms with Crippen LogP contribution in [0.1, 0.15) is 29.4 Å². The lowest BCUT2D eigenvalue weighted by atomic mass is 10.1. The van der Waals surface area contributed by atoms with Crippen LogP contribution in [0.5, 0.6) is 5.75 Å². The Morgan fingerprint density at radius 1 is 1.14 bits per heavy atom. The van der Waals surface area contributed by atoms with Crippen LogP contribution in [0.15, 0.2) is 70.3 Å². The zero-order chi connectivity index (χ0) is 24.7. The molecule has 35 heavy (non-hydrogen) atoms. The third-order valence-electron chi connectivity index (χ3n) is 5.73. The first kappa shape index (κ1) is 22.8. The van der Waals surface area contributed by atoms with E-state index in [0.717, 1.165) is 40.2 Å². The average Bonchev–Trinajstić information content (AvgIpc) is 3.38. The molecule has 0 saturated carbocycles. The topological polar surface area (TPSA) is 83.0 Å². The number of fused-ring (bicyclic) bond motifs is 1. The molecule has 0 unspecified atom stereocenters. The summed E-state index contributed by atoms with van der Waals surface area (Å²) in [5, 5.41) is 14.9. The number of benzene rings is 2. The number of carbonyl (C=O) groups is 1. The van der Waals surface area contributed by atoms with E-state index in [1.165, 1.54) is 11.1 Å². The molecule has 1 N–H and O–H groups in total. The van der Waals surface area contributed by atoms with Gasteiger partial charge in [-0.1, -0.05) is 12.1 Å². The van der Waals surface area contributed by atoms with Crippen LogP contribution in [0.25, 0.3) is 11.8 Å². The largest absolute Gasteiger partial charge is 0.494 e. The average molecular weight is 488 g/mol. The Bertz CT molecular complexity index is 1450. The van der Waals surface area contributed by atoms with E-state index < -0.39 is 11.7 Å². The Hall–Kier alpha value is -3.98. The van der Waals surface area contributed by atoms with Crippen LogP contribution in [0.2, 0.25) is 0 Å². The number of nitrogens with one attached hydrogen (secondary N) is 1. The number of thioether (sulfide) groups is 1. The van der Waals surface area contributed by atoms with Gasteiger partial charge in [0.05, 0.1) is 12.2 Å². The summed E-state index contributed by atoms with van der Waals surface area (Å²) in [6.07, 6.45) is 1.67. The molecular formula is C26H22FN5O2S. The van der Waals surface area contributed by atoms with Gasteiger partial charge in [-0.3, -0.25) is 10.2 Å². The predicted molar refractivity (Wildman–Crippen MR) is 137 cm³/mol. The van der Waals surface area contributed by atoms with Gasteiger partial charge >= 0.3 is 0 Å². The summed E-state index contributed by atoms with van der Waals surface area (Å²) in [5.74, 6) is -0.237. The number of amidine groups is 2. The predicted octanol–water partition coefficient (Wildman–Crippen LogP) is 5.30. The van der Waals surface area contributed by atoms with Crippen LogP contribution in [0.4, 0.5) is 4.39 Å². The van der Waals surface area contributed by atoms with Crippen molar-refractivity contribution in [2.24, 2.45) is 10.1 Å². The normalized spacial score (nSPS) is 16.5. The Morgan fingerprint density at radius 2 is 1.89 bits per heavy atom. The van der Waals surface area contributed by atoms with Crippen LogP contribution in [0.3, 0.4) is 0 Å². The number of nitrogens with zero attached hydrogens (tertiary/aromatic N) is 4. The van der Waals surface area contributed by atoms with Gasteiger partial charge in [0.1, 0.15) is 16.6 Å². The van der Waals surface area contributed by atoms with Gasteiger partial charge in [-0.05, 0) is 86.6 Å². The van der Waals surface area contributed by atoms with Crippen molar-refractivity contribution in [2.45, 2.75) is 20.8 Å². The van der Waals surface area contributed by atoms with Gasteiger partial charge in [0.2, 0.25) is 5.17 Å². The first-order chi connectivity index (χ1) is 16.9. The molecule has 7 nitrogen and oxygen atoms in total. The summed E-state index contributed by atoms with van der Waals surface area (Å²) in [7, 11) is 0. The van der Waals surface area contributed by atoms with E-state index in [0.29, 0.717) is 17.2 Å². The molecule has 1 amide bonds. The van der Waals surface area contributed by atoms with Crippen molar-refractivity contribution in [3.8, 4) is 11.4 Å². The molecule has 5 rings (SSSR count). The van der Waals surface area contributed by atoms with Crippen molar-refractivity contribution >= 4 is 39.8 Å². The van der Waals surface area contributed by atoms with Crippen LogP contribution >= 0.6 is 11.8 Å². The van der Waals surface area contributed by atoms with Gasteiger partial charge in [0.15, 0.2) is 5.84 Å². The fraction of sp³-hybridized carbons (Fsp3) is 0.154. The molecule has 3 aromatic rings. The van der Waals surface area contributed by atoms with E-state index in [2.05, 4.69) is 14.7 Å². The molecule has 176 valence electrons. The van der Waals surface area contributed by atoms with Crippen LogP contribution in [-0.4, -0.2) is 38.1 Å². The van der Waals surface area contributed by atoms with Gasteiger partial charge in [0.25, 0.3) is 5.91 Å². The zero-order valence-corrected chi connectivity index (χ0v) is 20.2. The lowest BCUT2D eigenvalue weighted by Gasteiger charge is -2.20. The number of carbonyl (C=O) groups excluding carboxylic acids is 1. The number of ether oxygens (including phenoxy) is 1. The highest BCUT2D eigenvalue weighted by Gasteiger charge is 2.36. The van der Waals surface area contributed by atoms with Gasteiger partial charge in [0, 0.05) is 22.6 Å². The number of aryl methyl sites for hydroxylation is 1. The first-order valence-corrected chi connectivity index (χ1v) is 11.9. The second-order valence-electron chi connectivity index (χ2n) is 7.99. The summed E-state index contributed by atoms with van der Waals surface area (Å²) in [6.45, 7) is 6.49. The zero-order valence-electron chi connectivity index (χ0n) is 19.4. The molecule has 2 aromatic carbocycles. The number of amides is 1. The number of aliphatic imine (C=N–C) groups is 1. The minimum atomic E-state index is -0.524. The molecule has 0 spiro atoms. The number of halogens is 1. The molecule has 2 aliphatic rings. The van der Waals surface area contributed by atoms with E-state index in [1.807, 2.05) is 51.1 Å². The maximum absolute atomic E-state index is 14.2. The SMILES string of the molecule is CCOc1ccc(-n2c(C)cc(/C=C3/C(=N)N4N=C(c5ccccc5F)SC4=NC3=O)c2C)cc1. The summed E-state index contributed by atoms with van der Waals surface area (Å²) in [6, 6.07) is 16.0. The smallest absolute Gasteiger partial charge is 0.283 e. The summed E-state index contributed by atoms with van der Waals surface area (Å²) in [5.41, 5.74) is 4.09. The van der Waals surface area contributed by atoms with Crippen molar-refractivity contribution in [3.63, 3.8) is 0 Å². The van der Waals surface area contributed by atoms with E-state index in [4.69, 9.17) is 10.1 Å². The third-order valence-corrected chi connectivity index (χ3v) is 6.68. The lowest BCUT2D eigenvalue weighted by Crippen LogP contribution is -2.35. The van der Waals surface area contributed by atoms with Crippen LogP contribution in [-0.2, 0) is 4.79 Å². The number of hydrazone groups is 1. The van der Waals surface area contributed by atoms with Crippen molar-refractivity contribution in [1.82, 2.24) is 9.58 Å². The molecule has 0 fully saturated rings. The second-order valence-corrected chi connectivity index (χ2v) is 8.95. The molecule has 0 bridgehead atoms. The summed E-state index contributed by atoms with van der Waals surface area (Å²) in [4.78, 5) is 17.0. The standard InChI is InChI=1S/C26H22FN5O2S/c1-4-34-19-11-9-18(10-12-19)31-15(2)13-17(16(31)3)14-21-23(28)32-26(29-24(21)33)35-25(30-32)20-7-5-6-8-22(20)27/h5-14,28H,4H2,1-3H3/b21-14-,28-23?. The maximum Gasteiger partial charge on any atom is 0.283 e. The fourth-order valence-electron chi connectivity index (χ4n) is 4.08. The quantitative estimate of drug-likeness (QED) is 0.495. The van der Waals surface area contributed by atoms with Gasteiger partial charge in [-0.25, -0.2) is 4.39 Å². The Labute approximate surface area is 206 Å². The van der Waals surface area contributed by atoms with Crippen LogP contribution in [0, 0.1) is 25.1 Å². The summed E-state index contributed by atoms with van der Waals surface area (Å²) < 4.78 is 21.9. The Balaban J connectivity index is 1.48. The van der Waals surface area contributed by atoms with E-state index in [1.54, 1.807) is 24.3 Å². The minimum Gasteiger partial charge on any atom is -0.494 e. The monoisotopic (exact) mass is 487 g/mol. The van der Waals surface area contributed by atoms with Crippen molar-refractivity contribution in [2.75, 3.05) is 6.61 Å². The second kappa shape index (κ2) is 8.99. The lowest BCUT2D eigenvalue weighted by molar-refractivity contribution is -0.114. The number of rotatable bonds is 5. The van der Waals surface area contributed by atoms with Gasteiger partial charge in [-0.15, -0.1) is 0 Å². The van der Waals surface area contributed by atoms with E-state index in [9.17, 15) is 9.18 Å². The van der Waals surface area contributed by atoms with Crippen LogP contribution < -0.4 is 4.74 Å². The molecule has 0 radical (unpaired) electrons. The van der Waals surface area contributed by atoms with Crippen molar-refractivity contribution < 1.29 is 13.9 Å². The number of aromatic nitrogens is 1. The maximum atomic E-state index is 14.2. The Kier molecular flexibility index (Phi) is 5.86. The van der Waals surface area contributed by atoms with E-state index in [-0.39, 0.29) is 16.6 Å². The highest BCUT2D eigenvalue weighted by atomic mass is 32.2. The highest BCUT2D eigenvalue weighted by molar-refractivity contribution is 8.27. The number of hydrogen-bond acceptors (Lipinski definition) is 5. The molecule has 3 heterocycles. The van der Waals surface area contributed by atoms with Gasteiger partial charge in [-0.2, -0.15) is 15.1 Å². The van der Waals surface area contributed by atoms with Crippen molar-refractivity contribution in [1.29, 1.82) is 5.41 Å². The van der Waals surface area contributed by atoms with E-state index >= 15 is 0 Å². The highest BCUT2D eigenvalue weighted by Crippen LogP contribution is 2.32. The molecule has 2 aliphatic heterocycles. The molecule has 0 aliphatic carbocycles. The Morgan fingerprint density at radius 3 is 2.60 bits per heavy atom. The third kappa shape index (κ3) is 4.08. The van der Waals surface area contributed by atoms with Crippen molar-refractivity contribution in [3.05, 3.63) is 88.5 Å². The fourth-order valence-corrected chi connectivity index (χ4v) is 5.00. The molecular weight excluding hydrogens is 465 g/mol. The first-order valence-electron chi connectivity index (χ1n) is 11.0.